The average molecular weight is 352 g/mol. The highest BCUT2D eigenvalue weighted by molar-refractivity contribution is 5.95. The molecule has 1 amide bonds. The molecule has 1 saturated heterocycles. The van der Waals surface area contributed by atoms with E-state index in [0.29, 0.717) is 0 Å². The molecule has 1 heterocycles. The molecule has 3 rings (SSSR count). The fourth-order valence-corrected chi connectivity index (χ4v) is 3.36. The summed E-state index contributed by atoms with van der Waals surface area (Å²) < 4.78 is 5.48. The Morgan fingerprint density at radius 1 is 0.923 bits per heavy atom. The molecule has 0 aliphatic carbocycles. The van der Waals surface area contributed by atoms with Crippen LogP contribution in [0, 0.1) is 0 Å². The molecule has 0 N–H and O–H groups in total. The van der Waals surface area contributed by atoms with Crippen LogP contribution in [0.15, 0.2) is 54.6 Å². The van der Waals surface area contributed by atoms with Crippen molar-refractivity contribution in [1.82, 2.24) is 9.80 Å². The van der Waals surface area contributed by atoms with Gasteiger partial charge in [0.1, 0.15) is 0 Å². The minimum Gasteiger partial charge on any atom is -0.381 e. The molecule has 0 bridgehead atoms. The summed E-state index contributed by atoms with van der Waals surface area (Å²) in [6.07, 6.45) is 1.84. The Morgan fingerprint density at radius 3 is 2.15 bits per heavy atom. The molecule has 0 saturated carbocycles. The summed E-state index contributed by atoms with van der Waals surface area (Å²) in [5.74, 6) is 0.123. The lowest BCUT2D eigenvalue weighted by molar-refractivity contribution is 0.0276. The monoisotopic (exact) mass is 352 g/mol. The molecule has 0 radical (unpaired) electrons. The number of benzene rings is 2. The van der Waals surface area contributed by atoms with E-state index in [4.69, 9.17) is 4.74 Å². The van der Waals surface area contributed by atoms with Crippen molar-refractivity contribution in [2.75, 3.05) is 40.4 Å². The summed E-state index contributed by atoms with van der Waals surface area (Å²) in [5, 5.41) is 0. The smallest absolute Gasteiger partial charge is 0.254 e. The minimum absolute atomic E-state index is 0.123. The van der Waals surface area contributed by atoms with Crippen LogP contribution in [0.3, 0.4) is 0 Å². The Kier molecular flexibility index (Phi) is 6.42. The maximum Gasteiger partial charge on any atom is 0.254 e. The van der Waals surface area contributed by atoms with Crippen LogP contribution >= 0.6 is 0 Å². The minimum atomic E-state index is 0.123. The number of carbonyl (C=O) groups excluding carboxylic acids is 1. The van der Waals surface area contributed by atoms with E-state index in [0.717, 1.165) is 50.3 Å². The summed E-state index contributed by atoms with van der Waals surface area (Å²) in [6, 6.07) is 18.5. The number of nitrogens with zero attached hydrogens (tertiary/aromatic N) is 2. The van der Waals surface area contributed by atoms with Gasteiger partial charge in [0.2, 0.25) is 0 Å². The van der Waals surface area contributed by atoms with Crippen molar-refractivity contribution in [2.45, 2.75) is 18.9 Å². The molecule has 1 aliphatic heterocycles. The first-order valence-electron chi connectivity index (χ1n) is 9.34. The third kappa shape index (κ3) is 4.71. The SMILES string of the molecule is CN(C)CCN(C(=O)c1ccc(-c2ccccc2)cc1)C1CCOCC1. The van der Waals surface area contributed by atoms with Gasteiger partial charge in [-0.25, -0.2) is 0 Å². The first-order chi connectivity index (χ1) is 12.6. The molecular weight excluding hydrogens is 324 g/mol. The maximum atomic E-state index is 13.2. The highest BCUT2D eigenvalue weighted by Crippen LogP contribution is 2.22. The summed E-state index contributed by atoms with van der Waals surface area (Å²) in [4.78, 5) is 17.3. The Balaban J connectivity index is 1.76. The summed E-state index contributed by atoms with van der Waals surface area (Å²) in [5.41, 5.74) is 3.06. The van der Waals surface area contributed by atoms with Gasteiger partial charge in [-0.3, -0.25) is 4.79 Å². The predicted molar refractivity (Wildman–Crippen MR) is 105 cm³/mol. The molecule has 1 fully saturated rings. The van der Waals surface area contributed by atoms with Gasteiger partial charge in [0.15, 0.2) is 0 Å². The van der Waals surface area contributed by atoms with Crippen molar-refractivity contribution in [3.8, 4) is 11.1 Å². The number of hydrogen-bond acceptors (Lipinski definition) is 3. The molecule has 1 aliphatic rings. The van der Waals surface area contributed by atoms with Crippen LogP contribution in [0.5, 0.6) is 0 Å². The maximum absolute atomic E-state index is 13.2. The van der Waals surface area contributed by atoms with Gasteiger partial charge in [0, 0.05) is 37.9 Å². The van der Waals surface area contributed by atoms with E-state index in [2.05, 4.69) is 17.0 Å². The Bertz CT molecular complexity index is 692. The Labute approximate surface area is 156 Å². The van der Waals surface area contributed by atoms with Crippen LogP contribution in [0.4, 0.5) is 0 Å². The van der Waals surface area contributed by atoms with Crippen molar-refractivity contribution in [2.24, 2.45) is 0 Å². The van der Waals surface area contributed by atoms with Crippen molar-refractivity contribution < 1.29 is 9.53 Å². The van der Waals surface area contributed by atoms with Gasteiger partial charge >= 0.3 is 0 Å². The molecule has 2 aromatic rings. The van der Waals surface area contributed by atoms with E-state index in [1.54, 1.807) is 0 Å². The number of carbonyl (C=O) groups is 1. The lowest BCUT2D eigenvalue weighted by Gasteiger charge is -2.35. The Hall–Kier alpha value is -2.17. The van der Waals surface area contributed by atoms with E-state index in [1.807, 2.05) is 61.5 Å². The first kappa shape index (κ1) is 18.6. The first-order valence-corrected chi connectivity index (χ1v) is 9.34. The van der Waals surface area contributed by atoms with Crippen molar-refractivity contribution in [3.63, 3.8) is 0 Å². The number of likely N-dealkylation sites (N-methyl/N-ethyl adjacent to an activating group) is 1. The third-order valence-electron chi connectivity index (χ3n) is 4.92. The molecule has 0 spiro atoms. The van der Waals surface area contributed by atoms with Gasteiger partial charge in [-0.05, 0) is 50.2 Å². The topological polar surface area (TPSA) is 32.8 Å². The third-order valence-corrected chi connectivity index (χ3v) is 4.92. The highest BCUT2D eigenvalue weighted by atomic mass is 16.5. The van der Waals surface area contributed by atoms with Gasteiger partial charge in [0.05, 0.1) is 0 Å². The van der Waals surface area contributed by atoms with Crippen LogP contribution in [-0.4, -0.2) is 62.1 Å². The molecular formula is C22H28N2O2. The second-order valence-electron chi connectivity index (χ2n) is 7.09. The number of amides is 1. The lowest BCUT2D eigenvalue weighted by atomic mass is 10.0. The van der Waals surface area contributed by atoms with E-state index >= 15 is 0 Å². The molecule has 138 valence electrons. The second-order valence-corrected chi connectivity index (χ2v) is 7.09. The van der Waals surface area contributed by atoms with E-state index in [9.17, 15) is 4.79 Å². The molecule has 4 nitrogen and oxygen atoms in total. The zero-order valence-corrected chi connectivity index (χ0v) is 15.7. The fourth-order valence-electron chi connectivity index (χ4n) is 3.36. The predicted octanol–water partition coefficient (Wildman–Crippen LogP) is 3.54. The molecule has 0 aromatic heterocycles. The zero-order valence-electron chi connectivity index (χ0n) is 15.7. The molecule has 2 aromatic carbocycles. The van der Waals surface area contributed by atoms with Gasteiger partial charge in [0.25, 0.3) is 5.91 Å². The molecule has 4 heteroatoms. The number of ether oxygens (including phenoxy) is 1. The number of hydrogen-bond donors (Lipinski definition) is 0. The molecule has 0 unspecified atom stereocenters. The average Bonchev–Trinajstić information content (AvgIpc) is 2.69. The van der Waals surface area contributed by atoms with Crippen LogP contribution < -0.4 is 0 Å². The largest absolute Gasteiger partial charge is 0.381 e. The van der Waals surface area contributed by atoms with Gasteiger partial charge in [-0.2, -0.15) is 0 Å². The van der Waals surface area contributed by atoms with Gasteiger partial charge < -0.3 is 14.5 Å². The quantitative estimate of drug-likeness (QED) is 0.797. The van der Waals surface area contributed by atoms with Crippen molar-refractivity contribution in [1.29, 1.82) is 0 Å². The fraction of sp³-hybridized carbons (Fsp3) is 0.409. The lowest BCUT2D eigenvalue weighted by Crippen LogP contribution is -2.46. The zero-order chi connectivity index (χ0) is 18.4. The second kappa shape index (κ2) is 8.97. The van der Waals surface area contributed by atoms with Crippen molar-refractivity contribution >= 4 is 5.91 Å². The van der Waals surface area contributed by atoms with E-state index in [-0.39, 0.29) is 11.9 Å². The van der Waals surface area contributed by atoms with Gasteiger partial charge in [-0.15, -0.1) is 0 Å². The van der Waals surface area contributed by atoms with E-state index in [1.165, 1.54) is 5.56 Å². The normalized spacial score (nSPS) is 15.2. The number of rotatable bonds is 6. The molecule has 26 heavy (non-hydrogen) atoms. The van der Waals surface area contributed by atoms with Crippen LogP contribution in [-0.2, 0) is 4.74 Å². The van der Waals surface area contributed by atoms with Crippen LogP contribution in [0.1, 0.15) is 23.2 Å². The summed E-state index contributed by atoms with van der Waals surface area (Å²) in [6.45, 7) is 3.09. The van der Waals surface area contributed by atoms with Crippen molar-refractivity contribution in [3.05, 3.63) is 60.2 Å². The van der Waals surface area contributed by atoms with Crippen LogP contribution in [0.2, 0.25) is 0 Å². The van der Waals surface area contributed by atoms with Crippen LogP contribution in [0.25, 0.3) is 11.1 Å². The standard InChI is InChI=1S/C22H28N2O2/c1-23(2)14-15-24(21-12-16-26-17-13-21)22(25)20-10-8-19(9-11-20)18-6-4-3-5-7-18/h3-11,21H,12-17H2,1-2H3. The Morgan fingerprint density at radius 2 is 1.54 bits per heavy atom. The summed E-state index contributed by atoms with van der Waals surface area (Å²) in [7, 11) is 4.09. The molecule has 0 atom stereocenters. The summed E-state index contributed by atoms with van der Waals surface area (Å²) >= 11 is 0. The van der Waals surface area contributed by atoms with E-state index < -0.39 is 0 Å². The van der Waals surface area contributed by atoms with Gasteiger partial charge in [-0.1, -0.05) is 42.5 Å². The highest BCUT2D eigenvalue weighted by Gasteiger charge is 2.26.